The quantitative estimate of drug-likeness (QED) is 0.188. The third-order valence-corrected chi connectivity index (χ3v) is 7.04. The summed E-state index contributed by atoms with van der Waals surface area (Å²) in [4.78, 5) is 12.9. The van der Waals surface area contributed by atoms with Crippen molar-refractivity contribution in [3.8, 4) is 5.69 Å². The zero-order chi connectivity index (χ0) is 23.1. The van der Waals surface area contributed by atoms with Crippen molar-refractivity contribution in [1.82, 2.24) is 4.57 Å². The van der Waals surface area contributed by atoms with Crippen LogP contribution in [0.4, 0.5) is 0 Å². The molecule has 4 heteroatoms. The Morgan fingerprint density at radius 3 is 2.06 bits per heavy atom. The molecule has 0 aliphatic rings. The zero-order valence-corrected chi connectivity index (χ0v) is 18.5. The molecular formula is C31H17NO3. The summed E-state index contributed by atoms with van der Waals surface area (Å²) in [6, 6.07) is 34.4. The van der Waals surface area contributed by atoms with E-state index in [2.05, 4.69) is 41.0 Å². The van der Waals surface area contributed by atoms with Gasteiger partial charge in [-0.2, -0.15) is 0 Å². The Kier molecular flexibility index (Phi) is 3.51. The molecule has 3 heterocycles. The highest BCUT2D eigenvalue weighted by atomic mass is 16.4. The zero-order valence-electron chi connectivity index (χ0n) is 18.5. The number of aromatic nitrogens is 1. The van der Waals surface area contributed by atoms with Gasteiger partial charge < -0.3 is 13.4 Å². The van der Waals surface area contributed by atoms with Crippen LogP contribution in [0.5, 0.6) is 0 Å². The normalized spacial score (nSPS) is 12.1. The molecule has 0 saturated heterocycles. The van der Waals surface area contributed by atoms with E-state index >= 15 is 0 Å². The van der Waals surface area contributed by atoms with Crippen molar-refractivity contribution in [3.05, 3.63) is 114 Å². The van der Waals surface area contributed by atoms with Gasteiger partial charge in [-0.25, -0.2) is 4.79 Å². The highest BCUT2D eigenvalue weighted by Gasteiger charge is 2.19. The van der Waals surface area contributed by atoms with Gasteiger partial charge in [0.25, 0.3) is 0 Å². The van der Waals surface area contributed by atoms with Crippen LogP contribution in [0.25, 0.3) is 71.2 Å². The molecule has 4 nitrogen and oxygen atoms in total. The first-order chi connectivity index (χ1) is 17.3. The fourth-order valence-electron chi connectivity index (χ4n) is 5.56. The number of hydrogen-bond acceptors (Lipinski definition) is 3. The van der Waals surface area contributed by atoms with Gasteiger partial charge in [0.15, 0.2) is 0 Å². The van der Waals surface area contributed by atoms with Gasteiger partial charge >= 0.3 is 5.63 Å². The van der Waals surface area contributed by atoms with Crippen molar-refractivity contribution in [2.24, 2.45) is 0 Å². The predicted molar refractivity (Wildman–Crippen MR) is 142 cm³/mol. The average Bonchev–Trinajstić information content (AvgIpc) is 3.44. The number of furan rings is 1. The minimum Gasteiger partial charge on any atom is -0.456 e. The maximum Gasteiger partial charge on any atom is 0.344 e. The lowest BCUT2D eigenvalue weighted by molar-refractivity contribution is 0.569. The molecule has 0 N–H and O–H groups in total. The first-order valence-corrected chi connectivity index (χ1v) is 11.6. The lowest BCUT2D eigenvalue weighted by Gasteiger charge is -2.10. The summed E-state index contributed by atoms with van der Waals surface area (Å²) in [6.07, 6.45) is 0. The molecule has 164 valence electrons. The molecule has 3 aromatic heterocycles. The SMILES string of the molecule is O=c1oc2ccccc2c2ccc(-n3c4ccccc4c4c5c(ccc43)oc3ccccc35)cc12. The standard InChI is InChI=1S/C31H17NO3/c33-31-23-17-18(13-14-19(23)20-7-2-5-11-26(20)35-31)32-24-10-4-1-8-21(24)29-25(32)15-16-28-30(29)22-9-3-6-12-27(22)34-28/h1-17H. The van der Waals surface area contributed by atoms with Gasteiger partial charge in [0.2, 0.25) is 0 Å². The molecular weight excluding hydrogens is 434 g/mol. The highest BCUT2D eigenvalue weighted by molar-refractivity contribution is 6.27. The molecule has 0 fully saturated rings. The van der Waals surface area contributed by atoms with Gasteiger partial charge in [0.05, 0.1) is 16.4 Å². The maximum atomic E-state index is 12.9. The van der Waals surface area contributed by atoms with E-state index in [4.69, 9.17) is 8.83 Å². The molecule has 0 aliphatic heterocycles. The third-order valence-electron chi connectivity index (χ3n) is 7.04. The summed E-state index contributed by atoms with van der Waals surface area (Å²) in [5.74, 6) is 0. The van der Waals surface area contributed by atoms with Crippen molar-refractivity contribution in [1.29, 1.82) is 0 Å². The third kappa shape index (κ3) is 2.43. The molecule has 0 atom stereocenters. The van der Waals surface area contributed by atoms with Crippen molar-refractivity contribution in [3.63, 3.8) is 0 Å². The van der Waals surface area contributed by atoms with E-state index in [1.807, 2.05) is 66.7 Å². The van der Waals surface area contributed by atoms with Crippen LogP contribution >= 0.6 is 0 Å². The lowest BCUT2D eigenvalue weighted by Crippen LogP contribution is -2.02. The molecule has 0 amide bonds. The Morgan fingerprint density at radius 2 is 1.20 bits per heavy atom. The fraction of sp³-hybridized carbons (Fsp3) is 0. The van der Waals surface area contributed by atoms with Crippen LogP contribution < -0.4 is 5.63 Å². The molecule has 0 saturated carbocycles. The van der Waals surface area contributed by atoms with E-state index in [-0.39, 0.29) is 5.63 Å². The van der Waals surface area contributed by atoms with E-state index in [1.54, 1.807) is 0 Å². The Hall–Kier alpha value is -4.83. The van der Waals surface area contributed by atoms with Crippen LogP contribution in [0.1, 0.15) is 0 Å². The van der Waals surface area contributed by atoms with Gasteiger partial charge in [0.1, 0.15) is 16.7 Å². The van der Waals surface area contributed by atoms with Crippen LogP contribution in [0, 0.1) is 0 Å². The molecule has 5 aromatic carbocycles. The van der Waals surface area contributed by atoms with E-state index in [9.17, 15) is 4.79 Å². The van der Waals surface area contributed by atoms with Crippen molar-refractivity contribution in [2.45, 2.75) is 0 Å². The van der Waals surface area contributed by atoms with E-state index in [0.717, 1.165) is 60.2 Å². The summed E-state index contributed by atoms with van der Waals surface area (Å²) in [6.45, 7) is 0. The van der Waals surface area contributed by atoms with Gasteiger partial charge in [-0.1, -0.05) is 60.7 Å². The van der Waals surface area contributed by atoms with E-state index in [1.165, 1.54) is 0 Å². The highest BCUT2D eigenvalue weighted by Crippen LogP contribution is 2.41. The molecule has 8 aromatic rings. The minimum atomic E-state index is -0.329. The Balaban J connectivity index is 1.53. The summed E-state index contributed by atoms with van der Waals surface area (Å²) in [5.41, 5.74) is 5.07. The van der Waals surface area contributed by atoms with Crippen LogP contribution in [-0.2, 0) is 0 Å². The molecule has 0 radical (unpaired) electrons. The Labute approximate surface area is 198 Å². The van der Waals surface area contributed by atoms with Gasteiger partial charge in [-0.3, -0.25) is 0 Å². The Morgan fingerprint density at radius 1 is 0.486 bits per heavy atom. The lowest BCUT2D eigenvalue weighted by atomic mass is 10.1. The smallest absolute Gasteiger partial charge is 0.344 e. The van der Waals surface area contributed by atoms with Crippen LogP contribution in [0.2, 0.25) is 0 Å². The molecule has 0 bridgehead atoms. The number of nitrogens with zero attached hydrogens (tertiary/aromatic N) is 1. The molecule has 35 heavy (non-hydrogen) atoms. The maximum absolute atomic E-state index is 12.9. The fourth-order valence-corrected chi connectivity index (χ4v) is 5.56. The first kappa shape index (κ1) is 18.6. The topological polar surface area (TPSA) is 48.3 Å². The molecule has 0 unspecified atom stereocenters. The average molecular weight is 451 g/mol. The molecule has 0 aliphatic carbocycles. The second-order valence-corrected chi connectivity index (χ2v) is 8.90. The first-order valence-electron chi connectivity index (χ1n) is 11.6. The molecule has 8 rings (SSSR count). The monoisotopic (exact) mass is 451 g/mol. The summed E-state index contributed by atoms with van der Waals surface area (Å²) in [7, 11) is 0. The number of hydrogen-bond donors (Lipinski definition) is 0. The second-order valence-electron chi connectivity index (χ2n) is 8.90. The van der Waals surface area contributed by atoms with Crippen molar-refractivity contribution in [2.75, 3.05) is 0 Å². The largest absolute Gasteiger partial charge is 0.456 e. The molecule has 0 spiro atoms. The van der Waals surface area contributed by atoms with Gasteiger partial charge in [-0.05, 0) is 42.5 Å². The summed E-state index contributed by atoms with van der Waals surface area (Å²) < 4.78 is 14.0. The van der Waals surface area contributed by atoms with E-state index < -0.39 is 0 Å². The van der Waals surface area contributed by atoms with Crippen molar-refractivity contribution >= 4 is 65.5 Å². The van der Waals surface area contributed by atoms with Crippen molar-refractivity contribution < 1.29 is 8.83 Å². The van der Waals surface area contributed by atoms with Crippen LogP contribution in [0.3, 0.4) is 0 Å². The number of rotatable bonds is 1. The summed E-state index contributed by atoms with van der Waals surface area (Å²) >= 11 is 0. The summed E-state index contributed by atoms with van der Waals surface area (Å²) in [5, 5.41) is 6.90. The number of para-hydroxylation sites is 3. The van der Waals surface area contributed by atoms with Gasteiger partial charge in [0, 0.05) is 38.0 Å². The Bertz CT molecular complexity index is 2190. The minimum absolute atomic E-state index is 0.329. The second kappa shape index (κ2) is 6.61. The van der Waals surface area contributed by atoms with Crippen LogP contribution in [0.15, 0.2) is 117 Å². The van der Waals surface area contributed by atoms with E-state index in [0.29, 0.717) is 11.0 Å². The van der Waals surface area contributed by atoms with Gasteiger partial charge in [-0.15, -0.1) is 0 Å². The van der Waals surface area contributed by atoms with Crippen LogP contribution in [-0.4, -0.2) is 4.57 Å². The number of benzene rings is 5. The predicted octanol–water partition coefficient (Wildman–Crippen LogP) is 7.94. The number of fused-ring (bicyclic) bond motifs is 10.